The van der Waals surface area contributed by atoms with Gasteiger partial charge in [0.05, 0.1) is 0 Å². The maximum atomic E-state index is 11.4. The summed E-state index contributed by atoms with van der Waals surface area (Å²) >= 11 is 0. The van der Waals surface area contributed by atoms with Crippen molar-refractivity contribution in [2.75, 3.05) is 0 Å². The molecule has 0 saturated heterocycles. The molecular weight excluding hydrogens is 254 g/mol. The van der Waals surface area contributed by atoms with E-state index in [0.29, 0.717) is 0 Å². The van der Waals surface area contributed by atoms with Gasteiger partial charge in [-0.3, -0.25) is 0 Å². The number of hydrogen-bond donors (Lipinski definition) is 3. The van der Waals surface area contributed by atoms with Crippen LogP contribution in [0.1, 0.15) is 10.4 Å². The zero-order chi connectivity index (χ0) is 13.7. The number of carbonyl (C=O) groups is 3. The SMILES string of the molecule is O=C(O)C(=O)OC(=O)c1ccccc1OB(O)O.[LiH]. The first-order valence-corrected chi connectivity index (χ1v) is 4.53. The Morgan fingerprint density at radius 2 is 1.68 bits per heavy atom. The van der Waals surface area contributed by atoms with E-state index in [2.05, 4.69) is 9.39 Å². The Morgan fingerprint density at radius 1 is 1.11 bits per heavy atom. The van der Waals surface area contributed by atoms with Gasteiger partial charge in [0, 0.05) is 0 Å². The van der Waals surface area contributed by atoms with Gasteiger partial charge in [-0.1, -0.05) is 12.1 Å². The molecule has 0 heterocycles. The van der Waals surface area contributed by atoms with Crippen molar-refractivity contribution in [2.24, 2.45) is 0 Å². The van der Waals surface area contributed by atoms with Gasteiger partial charge in [0.2, 0.25) is 0 Å². The Labute approximate surface area is 119 Å². The minimum atomic E-state index is -2.17. The third-order valence-corrected chi connectivity index (χ3v) is 1.70. The van der Waals surface area contributed by atoms with Crippen molar-refractivity contribution < 1.29 is 38.9 Å². The molecule has 0 spiro atoms. The normalized spacial score (nSPS) is 8.95. The number of esters is 2. The fourth-order valence-electron chi connectivity index (χ4n) is 1.03. The van der Waals surface area contributed by atoms with Crippen LogP contribution in [-0.4, -0.2) is 59.2 Å². The topological polar surface area (TPSA) is 130 Å². The van der Waals surface area contributed by atoms with Crippen LogP contribution < -0.4 is 4.65 Å². The summed E-state index contributed by atoms with van der Waals surface area (Å²) in [5, 5.41) is 25.5. The molecule has 0 fully saturated rings. The molecule has 1 aromatic rings. The van der Waals surface area contributed by atoms with Crippen LogP contribution in [0.15, 0.2) is 24.3 Å². The monoisotopic (exact) mass is 262 g/mol. The standard InChI is InChI=1S/C9H7BO8.Li.H/c11-7(12)9(14)17-8(13)5-3-1-2-4-6(5)18-10(15)16;;/h1-4,15-16H,(H,11,12);;. The molecule has 3 N–H and O–H groups in total. The van der Waals surface area contributed by atoms with Crippen molar-refractivity contribution in [3.63, 3.8) is 0 Å². The second kappa shape index (κ2) is 7.60. The van der Waals surface area contributed by atoms with E-state index >= 15 is 0 Å². The summed E-state index contributed by atoms with van der Waals surface area (Å²) in [4.78, 5) is 32.3. The van der Waals surface area contributed by atoms with Gasteiger partial charge >= 0.3 is 44.1 Å². The van der Waals surface area contributed by atoms with Crippen LogP contribution in [0.3, 0.4) is 0 Å². The van der Waals surface area contributed by atoms with Crippen LogP contribution in [0.25, 0.3) is 0 Å². The Kier molecular flexibility index (Phi) is 6.89. The molecule has 0 saturated carbocycles. The molecule has 0 aliphatic heterocycles. The van der Waals surface area contributed by atoms with Gasteiger partial charge in [0.25, 0.3) is 0 Å². The van der Waals surface area contributed by atoms with Gasteiger partial charge in [-0.2, -0.15) is 0 Å². The second-order valence-electron chi connectivity index (χ2n) is 2.92. The molecular formula is C9H8BLiO8. The predicted molar refractivity (Wildman–Crippen MR) is 62.5 cm³/mol. The first-order chi connectivity index (χ1) is 8.41. The van der Waals surface area contributed by atoms with Crippen LogP contribution in [0.5, 0.6) is 5.75 Å². The third-order valence-electron chi connectivity index (χ3n) is 1.70. The summed E-state index contributed by atoms with van der Waals surface area (Å²) in [5.74, 6) is -5.22. The molecule has 0 radical (unpaired) electrons. The van der Waals surface area contributed by atoms with E-state index in [1.165, 1.54) is 18.2 Å². The number of carbonyl (C=O) groups excluding carboxylic acids is 2. The van der Waals surface area contributed by atoms with Crippen LogP contribution in [0, 0.1) is 0 Å². The molecule has 0 atom stereocenters. The zero-order valence-corrected chi connectivity index (χ0v) is 8.77. The molecule has 96 valence electrons. The average Bonchev–Trinajstić information content (AvgIpc) is 2.28. The molecule has 0 aliphatic rings. The molecule has 19 heavy (non-hydrogen) atoms. The quantitative estimate of drug-likeness (QED) is 0.250. The van der Waals surface area contributed by atoms with Crippen molar-refractivity contribution in [1.82, 2.24) is 0 Å². The van der Waals surface area contributed by atoms with E-state index in [9.17, 15) is 14.4 Å². The van der Waals surface area contributed by atoms with E-state index in [1.54, 1.807) is 0 Å². The average molecular weight is 262 g/mol. The Balaban J connectivity index is 0.00000324. The second-order valence-corrected chi connectivity index (χ2v) is 2.92. The van der Waals surface area contributed by atoms with Crippen LogP contribution >= 0.6 is 0 Å². The van der Waals surface area contributed by atoms with Gasteiger partial charge < -0.3 is 24.5 Å². The van der Waals surface area contributed by atoms with E-state index in [1.807, 2.05) is 0 Å². The van der Waals surface area contributed by atoms with Crippen molar-refractivity contribution in [1.29, 1.82) is 0 Å². The molecule has 0 amide bonds. The van der Waals surface area contributed by atoms with Gasteiger partial charge in [0.1, 0.15) is 11.3 Å². The number of carboxylic acids is 1. The summed E-state index contributed by atoms with van der Waals surface area (Å²) in [6.45, 7) is 0. The molecule has 8 nitrogen and oxygen atoms in total. The molecule has 0 unspecified atom stereocenters. The van der Waals surface area contributed by atoms with Crippen LogP contribution in [-0.2, 0) is 14.3 Å². The maximum absolute atomic E-state index is 11.4. The summed E-state index contributed by atoms with van der Waals surface area (Å²) in [7, 11) is -2.17. The van der Waals surface area contributed by atoms with E-state index in [4.69, 9.17) is 15.2 Å². The van der Waals surface area contributed by atoms with E-state index in [-0.39, 0.29) is 30.2 Å². The Bertz CT molecular complexity index is 489. The summed E-state index contributed by atoms with van der Waals surface area (Å²) in [6, 6.07) is 5.18. The van der Waals surface area contributed by atoms with Crippen molar-refractivity contribution in [3.8, 4) is 5.75 Å². The number of para-hydroxylation sites is 1. The van der Waals surface area contributed by atoms with E-state index in [0.717, 1.165) is 6.07 Å². The van der Waals surface area contributed by atoms with Gasteiger partial charge in [-0.15, -0.1) is 0 Å². The van der Waals surface area contributed by atoms with Gasteiger partial charge in [-0.25, -0.2) is 14.4 Å². The number of carboxylic acid groups (broad SMARTS) is 1. The summed E-state index contributed by atoms with van der Waals surface area (Å²) in [6.07, 6.45) is 0. The third kappa shape index (κ3) is 5.15. The Hall–Kier alpha value is -1.79. The first-order valence-electron chi connectivity index (χ1n) is 4.53. The van der Waals surface area contributed by atoms with Crippen molar-refractivity contribution in [2.45, 2.75) is 0 Å². The van der Waals surface area contributed by atoms with Crippen molar-refractivity contribution >= 4 is 44.1 Å². The summed E-state index contributed by atoms with van der Waals surface area (Å²) < 4.78 is 8.46. The first kappa shape index (κ1) is 17.2. The molecule has 1 rings (SSSR count). The van der Waals surface area contributed by atoms with Gasteiger partial charge in [0.15, 0.2) is 0 Å². The van der Waals surface area contributed by atoms with Crippen LogP contribution in [0.4, 0.5) is 0 Å². The number of aliphatic carboxylic acids is 1. The fraction of sp³-hybridized carbons (Fsp3) is 0. The number of ether oxygens (including phenoxy) is 1. The molecule has 0 bridgehead atoms. The van der Waals surface area contributed by atoms with Crippen molar-refractivity contribution in [3.05, 3.63) is 29.8 Å². The molecule has 0 aromatic heterocycles. The molecule has 1 aromatic carbocycles. The fourth-order valence-corrected chi connectivity index (χ4v) is 1.03. The number of benzene rings is 1. The predicted octanol–water partition coefficient (Wildman–Crippen LogP) is -1.85. The number of hydrogen-bond acceptors (Lipinski definition) is 7. The molecule has 0 aliphatic carbocycles. The zero-order valence-electron chi connectivity index (χ0n) is 8.77. The molecule has 10 heteroatoms. The Morgan fingerprint density at radius 3 is 2.21 bits per heavy atom. The van der Waals surface area contributed by atoms with Crippen LogP contribution in [0.2, 0.25) is 0 Å². The summed E-state index contributed by atoms with van der Waals surface area (Å²) in [5.41, 5.74) is -0.319. The minimum absolute atomic E-state index is 0. The number of rotatable bonds is 3. The van der Waals surface area contributed by atoms with Gasteiger partial charge in [-0.05, 0) is 12.1 Å². The van der Waals surface area contributed by atoms with E-state index < -0.39 is 25.2 Å².